The third-order valence-corrected chi connectivity index (χ3v) is 9.97. The number of nitrogens with zero attached hydrogens (tertiary/aromatic N) is 4. The molecule has 0 amide bonds. The number of para-hydroxylation sites is 1. The Balaban J connectivity index is 1.04. The number of sulfonamides is 1. The molecular weight excluding hydrogens is 556 g/mol. The zero-order valence-electron chi connectivity index (χ0n) is 24.5. The fraction of sp³-hybridized carbons (Fsp3) is 0.324. The number of benzene rings is 3. The fourth-order valence-corrected chi connectivity index (χ4v) is 7.32. The monoisotopic (exact) mass is 594 g/mol. The van der Waals surface area contributed by atoms with E-state index in [1.54, 1.807) is 12.1 Å². The highest BCUT2D eigenvalue weighted by molar-refractivity contribution is 7.89. The van der Waals surface area contributed by atoms with E-state index in [0.29, 0.717) is 29.2 Å². The van der Waals surface area contributed by atoms with Crippen LogP contribution < -0.4 is 14.9 Å². The fourth-order valence-electron chi connectivity index (χ4n) is 5.97. The highest BCUT2D eigenvalue weighted by atomic mass is 32.2. The van der Waals surface area contributed by atoms with Crippen LogP contribution >= 0.6 is 0 Å². The number of pyridine rings is 1. The quantitative estimate of drug-likeness (QED) is 0.192. The molecule has 3 aromatic carbocycles. The molecule has 5 aromatic rings. The minimum Gasteiger partial charge on any atom is -0.359 e. The van der Waals surface area contributed by atoms with Crippen molar-refractivity contribution < 1.29 is 8.42 Å². The first kappa shape index (κ1) is 29.0. The molecule has 0 saturated heterocycles. The second-order valence-electron chi connectivity index (χ2n) is 11.5. The van der Waals surface area contributed by atoms with E-state index in [1.165, 1.54) is 0 Å². The Kier molecular flexibility index (Phi) is 8.81. The molecule has 0 unspecified atom stereocenters. The van der Waals surface area contributed by atoms with Crippen molar-refractivity contribution in [2.45, 2.75) is 37.0 Å². The largest absolute Gasteiger partial charge is 0.359 e. The van der Waals surface area contributed by atoms with Gasteiger partial charge in [-0.15, -0.1) is 0 Å². The molecular formula is C34H38N6O2S. The summed E-state index contributed by atoms with van der Waals surface area (Å²) in [5.74, 6) is 2.37. The predicted molar refractivity (Wildman–Crippen MR) is 174 cm³/mol. The van der Waals surface area contributed by atoms with Gasteiger partial charge < -0.3 is 10.2 Å². The normalized spacial score (nSPS) is 17.2. The molecule has 6 rings (SSSR count). The molecule has 8 nitrogen and oxygen atoms in total. The number of anilines is 2. The zero-order valence-corrected chi connectivity index (χ0v) is 25.3. The number of fused-ring (bicyclic) bond motifs is 2. The van der Waals surface area contributed by atoms with Gasteiger partial charge in [-0.1, -0.05) is 54.6 Å². The Morgan fingerprint density at radius 1 is 0.791 bits per heavy atom. The van der Waals surface area contributed by atoms with Crippen LogP contribution in [0.25, 0.3) is 21.7 Å². The topological polar surface area (TPSA) is 100 Å². The first-order chi connectivity index (χ1) is 21.0. The zero-order chi connectivity index (χ0) is 29.6. The maximum Gasteiger partial charge on any atom is 0.241 e. The maximum absolute atomic E-state index is 13.2. The van der Waals surface area contributed by atoms with Crippen molar-refractivity contribution in [3.8, 4) is 0 Å². The average Bonchev–Trinajstić information content (AvgIpc) is 3.05. The number of likely N-dealkylation sites (N-methyl/N-ethyl adjacent to an activating group) is 1. The van der Waals surface area contributed by atoms with Gasteiger partial charge >= 0.3 is 0 Å². The molecule has 1 aliphatic rings. The van der Waals surface area contributed by atoms with Gasteiger partial charge in [0.1, 0.15) is 5.82 Å². The first-order valence-corrected chi connectivity index (χ1v) is 16.5. The summed E-state index contributed by atoms with van der Waals surface area (Å²) in [4.78, 5) is 16.7. The second-order valence-corrected chi connectivity index (χ2v) is 13.2. The summed E-state index contributed by atoms with van der Waals surface area (Å²) in [6.45, 7) is 2.06. The summed E-state index contributed by atoms with van der Waals surface area (Å²) >= 11 is 0. The number of hydrogen-bond acceptors (Lipinski definition) is 7. The van der Waals surface area contributed by atoms with Gasteiger partial charge in [-0.25, -0.2) is 18.1 Å². The van der Waals surface area contributed by atoms with Crippen molar-refractivity contribution in [1.29, 1.82) is 0 Å². The molecule has 1 saturated carbocycles. The lowest BCUT2D eigenvalue weighted by Gasteiger charge is -2.29. The SMILES string of the molecule is CN(CCc1ccccn1)c1nc(NCC2CCC(CNS(=O)(=O)c3cccc4ccccc34)CC2)nc2ccccc12. The van der Waals surface area contributed by atoms with Crippen molar-refractivity contribution >= 4 is 43.5 Å². The molecule has 43 heavy (non-hydrogen) atoms. The summed E-state index contributed by atoms with van der Waals surface area (Å²) in [5.41, 5.74) is 1.98. The van der Waals surface area contributed by atoms with Crippen LogP contribution in [0.15, 0.2) is 96.0 Å². The summed E-state index contributed by atoms with van der Waals surface area (Å²) in [5, 5.41) is 6.23. The van der Waals surface area contributed by atoms with E-state index >= 15 is 0 Å². The molecule has 2 heterocycles. The molecule has 1 fully saturated rings. The standard InChI is InChI=1S/C34H38N6O2S/c1-40(22-20-28-11-6-7-21-35-28)33-30-13-4-5-14-31(30)38-34(39-33)36-23-25-16-18-26(19-17-25)24-37-43(41,42)32-15-8-10-27-9-2-3-12-29(27)32/h2-15,21,25-26,37H,16-20,22-24H2,1H3,(H,36,38,39). The highest BCUT2D eigenvalue weighted by Gasteiger charge is 2.24. The third kappa shape index (κ3) is 6.95. The Morgan fingerprint density at radius 2 is 1.49 bits per heavy atom. The van der Waals surface area contributed by atoms with E-state index in [9.17, 15) is 8.42 Å². The molecule has 9 heteroatoms. The Labute approximate surface area is 253 Å². The summed E-state index contributed by atoms with van der Waals surface area (Å²) in [7, 11) is -1.51. The van der Waals surface area contributed by atoms with Crippen LogP contribution in [0.2, 0.25) is 0 Å². The molecule has 222 valence electrons. The van der Waals surface area contributed by atoms with Gasteiger partial charge in [0.05, 0.1) is 10.4 Å². The van der Waals surface area contributed by atoms with E-state index in [-0.39, 0.29) is 0 Å². The van der Waals surface area contributed by atoms with Crippen LogP contribution in [0.1, 0.15) is 31.4 Å². The minimum atomic E-state index is -3.58. The number of nitrogens with one attached hydrogen (secondary N) is 2. The van der Waals surface area contributed by atoms with Crippen LogP contribution in [0.5, 0.6) is 0 Å². The third-order valence-electron chi connectivity index (χ3n) is 8.49. The first-order valence-electron chi connectivity index (χ1n) is 15.1. The lowest BCUT2D eigenvalue weighted by Crippen LogP contribution is -2.32. The number of rotatable bonds is 11. The molecule has 2 N–H and O–H groups in total. The van der Waals surface area contributed by atoms with Crippen LogP contribution in [-0.4, -0.2) is 50.1 Å². The van der Waals surface area contributed by atoms with Gasteiger partial charge in [0.15, 0.2) is 0 Å². The smallest absolute Gasteiger partial charge is 0.241 e. The van der Waals surface area contributed by atoms with Crippen LogP contribution in [0.4, 0.5) is 11.8 Å². The average molecular weight is 595 g/mol. The van der Waals surface area contributed by atoms with Crippen LogP contribution in [-0.2, 0) is 16.4 Å². The molecule has 0 bridgehead atoms. The Hall–Kier alpha value is -4.08. The van der Waals surface area contributed by atoms with E-state index in [0.717, 1.165) is 78.4 Å². The maximum atomic E-state index is 13.2. The molecule has 0 atom stereocenters. The number of hydrogen-bond donors (Lipinski definition) is 2. The molecule has 0 spiro atoms. The molecule has 2 aromatic heterocycles. The van der Waals surface area contributed by atoms with Gasteiger partial charge in [-0.2, -0.15) is 4.98 Å². The highest BCUT2D eigenvalue weighted by Crippen LogP contribution is 2.30. The van der Waals surface area contributed by atoms with Gasteiger partial charge in [0, 0.05) is 55.8 Å². The van der Waals surface area contributed by atoms with Crippen LogP contribution in [0.3, 0.4) is 0 Å². The van der Waals surface area contributed by atoms with Crippen molar-refractivity contribution in [2.24, 2.45) is 11.8 Å². The summed E-state index contributed by atoms with van der Waals surface area (Å²) in [6.07, 6.45) is 6.72. The van der Waals surface area contributed by atoms with Gasteiger partial charge in [-0.05, 0) is 73.2 Å². The van der Waals surface area contributed by atoms with Crippen molar-refractivity contribution in [3.05, 3.63) is 96.8 Å². The van der Waals surface area contributed by atoms with E-state index in [2.05, 4.69) is 33.0 Å². The van der Waals surface area contributed by atoms with Crippen molar-refractivity contribution in [2.75, 3.05) is 36.9 Å². The van der Waals surface area contributed by atoms with Gasteiger partial charge in [0.25, 0.3) is 0 Å². The molecule has 1 aliphatic carbocycles. The molecule has 0 radical (unpaired) electrons. The van der Waals surface area contributed by atoms with E-state index in [4.69, 9.17) is 9.97 Å². The van der Waals surface area contributed by atoms with Crippen LogP contribution in [0, 0.1) is 11.8 Å². The Morgan fingerprint density at radius 3 is 2.28 bits per heavy atom. The van der Waals surface area contributed by atoms with Gasteiger partial charge in [-0.3, -0.25) is 4.98 Å². The van der Waals surface area contributed by atoms with E-state index in [1.807, 2.05) is 72.9 Å². The summed E-state index contributed by atoms with van der Waals surface area (Å²) < 4.78 is 29.2. The predicted octanol–water partition coefficient (Wildman–Crippen LogP) is 6.05. The van der Waals surface area contributed by atoms with Crippen molar-refractivity contribution in [1.82, 2.24) is 19.7 Å². The van der Waals surface area contributed by atoms with Gasteiger partial charge in [0.2, 0.25) is 16.0 Å². The second kappa shape index (κ2) is 13.1. The molecule has 0 aliphatic heterocycles. The Bertz CT molecular complexity index is 1780. The van der Waals surface area contributed by atoms with Crippen molar-refractivity contribution in [3.63, 3.8) is 0 Å². The summed E-state index contributed by atoms with van der Waals surface area (Å²) in [6, 6.07) is 27.2. The van der Waals surface area contributed by atoms with E-state index < -0.39 is 10.0 Å². The lowest BCUT2D eigenvalue weighted by molar-refractivity contribution is 0.284. The number of aromatic nitrogens is 3. The lowest BCUT2D eigenvalue weighted by atomic mass is 9.82. The minimum absolute atomic E-state index is 0.331.